The molecule has 74 valence electrons. The highest BCUT2D eigenvalue weighted by Gasteiger charge is 2.17. The Bertz CT molecular complexity index is 259. The zero-order chi connectivity index (χ0) is 9.90. The normalized spacial score (nSPS) is 12.0. The summed E-state index contributed by atoms with van der Waals surface area (Å²) in [5, 5.41) is 8.14. The third-order valence-corrected chi connectivity index (χ3v) is 1.90. The molecule has 1 heterocycles. The first-order valence-electron chi connectivity index (χ1n) is 4.64. The SMILES string of the molecule is CC(C)(C)c1cn(CCCN)nn1. The maximum atomic E-state index is 5.41. The second-order valence-electron chi connectivity index (χ2n) is 4.26. The molecular formula is C9H18N4. The maximum absolute atomic E-state index is 5.41. The average molecular weight is 182 g/mol. The summed E-state index contributed by atoms with van der Waals surface area (Å²) < 4.78 is 1.85. The monoisotopic (exact) mass is 182 g/mol. The second kappa shape index (κ2) is 3.87. The molecule has 0 fully saturated rings. The lowest BCUT2D eigenvalue weighted by molar-refractivity contribution is 0.560. The van der Waals surface area contributed by atoms with Gasteiger partial charge in [0.05, 0.1) is 5.69 Å². The van der Waals surface area contributed by atoms with Gasteiger partial charge in [-0.05, 0) is 13.0 Å². The summed E-state index contributed by atoms with van der Waals surface area (Å²) in [5.74, 6) is 0. The van der Waals surface area contributed by atoms with Gasteiger partial charge in [-0.3, -0.25) is 4.68 Å². The van der Waals surface area contributed by atoms with Crippen molar-refractivity contribution < 1.29 is 0 Å². The van der Waals surface area contributed by atoms with Crippen molar-refractivity contribution in [3.8, 4) is 0 Å². The fourth-order valence-electron chi connectivity index (χ4n) is 1.00. The molecule has 0 aliphatic rings. The van der Waals surface area contributed by atoms with E-state index in [0.29, 0.717) is 6.54 Å². The Hall–Kier alpha value is -0.900. The van der Waals surface area contributed by atoms with Crippen molar-refractivity contribution in [2.24, 2.45) is 5.73 Å². The highest BCUT2D eigenvalue weighted by molar-refractivity contribution is 5.06. The number of aromatic nitrogens is 3. The van der Waals surface area contributed by atoms with E-state index in [0.717, 1.165) is 18.7 Å². The number of hydrogen-bond acceptors (Lipinski definition) is 3. The Labute approximate surface area is 79.1 Å². The maximum Gasteiger partial charge on any atom is 0.0880 e. The molecule has 0 atom stereocenters. The number of nitrogens with two attached hydrogens (primary N) is 1. The van der Waals surface area contributed by atoms with Gasteiger partial charge >= 0.3 is 0 Å². The first kappa shape index (κ1) is 10.2. The summed E-state index contributed by atoms with van der Waals surface area (Å²) in [5.41, 5.74) is 6.52. The minimum atomic E-state index is 0.0843. The van der Waals surface area contributed by atoms with Crippen LogP contribution in [0.15, 0.2) is 6.20 Å². The van der Waals surface area contributed by atoms with Crippen molar-refractivity contribution >= 4 is 0 Å². The third kappa shape index (κ3) is 2.81. The lowest BCUT2D eigenvalue weighted by Gasteiger charge is -2.12. The van der Waals surface area contributed by atoms with E-state index in [2.05, 4.69) is 31.1 Å². The molecule has 1 rings (SSSR count). The van der Waals surface area contributed by atoms with Crippen molar-refractivity contribution in [1.82, 2.24) is 15.0 Å². The second-order valence-corrected chi connectivity index (χ2v) is 4.26. The Morgan fingerprint density at radius 3 is 2.62 bits per heavy atom. The molecule has 4 heteroatoms. The molecule has 0 bridgehead atoms. The summed E-state index contributed by atoms with van der Waals surface area (Å²) in [6.07, 6.45) is 2.95. The first-order valence-corrected chi connectivity index (χ1v) is 4.64. The van der Waals surface area contributed by atoms with Crippen LogP contribution >= 0.6 is 0 Å². The van der Waals surface area contributed by atoms with Crippen molar-refractivity contribution in [3.05, 3.63) is 11.9 Å². The molecule has 2 N–H and O–H groups in total. The summed E-state index contributed by atoms with van der Waals surface area (Å²) in [4.78, 5) is 0. The zero-order valence-electron chi connectivity index (χ0n) is 8.62. The van der Waals surface area contributed by atoms with Crippen LogP contribution in [0.2, 0.25) is 0 Å². The van der Waals surface area contributed by atoms with E-state index in [9.17, 15) is 0 Å². The van der Waals surface area contributed by atoms with Gasteiger partial charge in [-0.15, -0.1) is 5.10 Å². The van der Waals surface area contributed by atoms with E-state index >= 15 is 0 Å². The fourth-order valence-corrected chi connectivity index (χ4v) is 1.00. The molecule has 1 aromatic heterocycles. The van der Waals surface area contributed by atoms with Crippen molar-refractivity contribution in [2.45, 2.75) is 39.2 Å². The van der Waals surface area contributed by atoms with Gasteiger partial charge in [-0.25, -0.2) is 0 Å². The van der Waals surface area contributed by atoms with Gasteiger partial charge in [0.25, 0.3) is 0 Å². The van der Waals surface area contributed by atoms with Crippen molar-refractivity contribution in [3.63, 3.8) is 0 Å². The molecule has 1 aromatic rings. The minimum Gasteiger partial charge on any atom is -0.330 e. The van der Waals surface area contributed by atoms with Crippen LogP contribution in [0.25, 0.3) is 0 Å². The summed E-state index contributed by atoms with van der Waals surface area (Å²) in [6.45, 7) is 7.95. The summed E-state index contributed by atoms with van der Waals surface area (Å²) in [6, 6.07) is 0. The van der Waals surface area contributed by atoms with Crippen molar-refractivity contribution in [2.75, 3.05) is 6.54 Å². The zero-order valence-corrected chi connectivity index (χ0v) is 8.62. The van der Waals surface area contributed by atoms with Crippen LogP contribution in [-0.2, 0) is 12.0 Å². The molecule has 0 unspecified atom stereocenters. The quantitative estimate of drug-likeness (QED) is 0.756. The molecule has 0 spiro atoms. The van der Waals surface area contributed by atoms with Gasteiger partial charge in [0.2, 0.25) is 0 Å². The van der Waals surface area contributed by atoms with E-state index in [-0.39, 0.29) is 5.41 Å². The smallest absolute Gasteiger partial charge is 0.0880 e. The number of nitrogens with zero attached hydrogens (tertiary/aromatic N) is 3. The predicted octanol–water partition coefficient (Wildman–Crippen LogP) is 0.924. The van der Waals surface area contributed by atoms with Gasteiger partial charge in [-0.1, -0.05) is 26.0 Å². The average Bonchev–Trinajstić information content (AvgIpc) is 2.47. The van der Waals surface area contributed by atoms with Crippen LogP contribution in [0, 0.1) is 0 Å². The molecule has 0 saturated heterocycles. The highest BCUT2D eigenvalue weighted by Crippen LogP contribution is 2.18. The Morgan fingerprint density at radius 2 is 2.15 bits per heavy atom. The highest BCUT2D eigenvalue weighted by atomic mass is 15.4. The number of aryl methyl sites for hydroxylation is 1. The lowest BCUT2D eigenvalue weighted by atomic mass is 9.93. The van der Waals surface area contributed by atoms with E-state index in [1.54, 1.807) is 0 Å². The van der Waals surface area contributed by atoms with Crippen LogP contribution in [0.1, 0.15) is 32.9 Å². The first-order chi connectivity index (χ1) is 6.04. The molecule has 0 amide bonds. The Morgan fingerprint density at radius 1 is 1.46 bits per heavy atom. The number of hydrogen-bond donors (Lipinski definition) is 1. The largest absolute Gasteiger partial charge is 0.330 e. The van der Waals surface area contributed by atoms with Gasteiger partial charge in [0.1, 0.15) is 0 Å². The summed E-state index contributed by atoms with van der Waals surface area (Å²) in [7, 11) is 0. The van der Waals surface area contributed by atoms with Crippen LogP contribution in [0.4, 0.5) is 0 Å². The van der Waals surface area contributed by atoms with Crippen molar-refractivity contribution in [1.29, 1.82) is 0 Å². The van der Waals surface area contributed by atoms with Gasteiger partial charge in [0, 0.05) is 18.2 Å². The minimum absolute atomic E-state index is 0.0843. The molecule has 4 nitrogen and oxygen atoms in total. The molecule has 0 aliphatic carbocycles. The molecule has 0 radical (unpaired) electrons. The standard InChI is InChI=1S/C9H18N4/c1-9(2,3)8-7-13(12-11-8)6-4-5-10/h7H,4-6,10H2,1-3H3. The van der Waals surface area contributed by atoms with Gasteiger partial charge in [0.15, 0.2) is 0 Å². The Kier molecular flexibility index (Phi) is 3.03. The number of rotatable bonds is 3. The van der Waals surface area contributed by atoms with Gasteiger partial charge in [-0.2, -0.15) is 0 Å². The summed E-state index contributed by atoms with van der Waals surface area (Å²) >= 11 is 0. The van der Waals surface area contributed by atoms with Crippen LogP contribution in [0.5, 0.6) is 0 Å². The molecular weight excluding hydrogens is 164 g/mol. The molecule has 0 aromatic carbocycles. The van der Waals surface area contributed by atoms with Crippen LogP contribution in [0.3, 0.4) is 0 Å². The van der Waals surface area contributed by atoms with Gasteiger partial charge < -0.3 is 5.73 Å². The molecule has 0 aliphatic heterocycles. The van der Waals surface area contributed by atoms with E-state index in [4.69, 9.17) is 5.73 Å². The van der Waals surface area contributed by atoms with E-state index < -0.39 is 0 Å². The predicted molar refractivity (Wildman–Crippen MR) is 52.4 cm³/mol. The lowest BCUT2D eigenvalue weighted by Crippen LogP contribution is -2.11. The van der Waals surface area contributed by atoms with E-state index in [1.807, 2.05) is 10.9 Å². The fraction of sp³-hybridized carbons (Fsp3) is 0.778. The van der Waals surface area contributed by atoms with Crippen LogP contribution in [-0.4, -0.2) is 21.5 Å². The topological polar surface area (TPSA) is 56.7 Å². The third-order valence-electron chi connectivity index (χ3n) is 1.90. The van der Waals surface area contributed by atoms with E-state index in [1.165, 1.54) is 0 Å². The van der Waals surface area contributed by atoms with Crippen LogP contribution < -0.4 is 5.73 Å². The Balaban J connectivity index is 2.64. The molecule has 13 heavy (non-hydrogen) atoms. The molecule has 0 saturated carbocycles.